The fraction of sp³-hybridized carbons (Fsp3) is 0.393. The van der Waals surface area contributed by atoms with Crippen LogP contribution in [0.2, 0.25) is 0 Å². The number of amides is 2. The van der Waals surface area contributed by atoms with Gasteiger partial charge < -0.3 is 24.8 Å². The Hall–Kier alpha value is -3.59. The lowest BCUT2D eigenvalue weighted by Gasteiger charge is -2.29. The van der Waals surface area contributed by atoms with E-state index in [1.54, 1.807) is 37.8 Å². The molecule has 0 atom stereocenters. The van der Waals surface area contributed by atoms with Crippen molar-refractivity contribution in [1.29, 1.82) is 0 Å². The summed E-state index contributed by atoms with van der Waals surface area (Å²) in [7, 11) is 3.11. The zero-order valence-corrected chi connectivity index (χ0v) is 22.4. The number of aryl methyl sites for hydroxylation is 2. The number of carbonyl (C=O) groups excluding carboxylic acids is 2. The SMILES string of the molecule is COc1cc(OC)cc(C(=O)NC2CCC(NC(=O)c3csc(COc4cc(C)cc(C)c4)n3)CC2)c1. The van der Waals surface area contributed by atoms with Crippen LogP contribution in [0, 0.1) is 13.8 Å². The predicted octanol–water partition coefficient (Wildman–Crippen LogP) is 4.83. The Balaban J connectivity index is 1.24. The van der Waals surface area contributed by atoms with Gasteiger partial charge in [0.05, 0.1) is 14.2 Å². The van der Waals surface area contributed by atoms with Crippen molar-refractivity contribution in [2.24, 2.45) is 0 Å². The van der Waals surface area contributed by atoms with Gasteiger partial charge in [0.2, 0.25) is 0 Å². The number of hydrogen-bond donors (Lipinski definition) is 2. The zero-order valence-electron chi connectivity index (χ0n) is 21.6. The Kier molecular flexibility index (Phi) is 8.66. The first-order valence-electron chi connectivity index (χ1n) is 12.3. The lowest BCUT2D eigenvalue weighted by Crippen LogP contribution is -2.43. The van der Waals surface area contributed by atoms with Crippen molar-refractivity contribution in [1.82, 2.24) is 15.6 Å². The molecule has 196 valence electrons. The van der Waals surface area contributed by atoms with E-state index in [9.17, 15) is 9.59 Å². The smallest absolute Gasteiger partial charge is 0.270 e. The Morgan fingerprint density at radius 3 is 1.97 bits per heavy atom. The molecule has 2 amide bonds. The van der Waals surface area contributed by atoms with Crippen LogP contribution in [-0.2, 0) is 6.61 Å². The molecule has 9 heteroatoms. The van der Waals surface area contributed by atoms with Crippen molar-refractivity contribution in [2.45, 2.75) is 58.2 Å². The maximum Gasteiger partial charge on any atom is 0.270 e. The number of thiazole rings is 1. The van der Waals surface area contributed by atoms with E-state index in [2.05, 4.69) is 21.7 Å². The molecule has 0 bridgehead atoms. The van der Waals surface area contributed by atoms with Gasteiger partial charge >= 0.3 is 0 Å². The highest BCUT2D eigenvalue weighted by Gasteiger charge is 2.25. The Bertz CT molecular complexity index is 1210. The molecule has 1 aromatic heterocycles. The summed E-state index contributed by atoms with van der Waals surface area (Å²) in [6.45, 7) is 4.39. The molecule has 3 aromatic rings. The molecule has 4 rings (SSSR count). The van der Waals surface area contributed by atoms with Crippen LogP contribution in [0.15, 0.2) is 41.8 Å². The largest absolute Gasteiger partial charge is 0.497 e. The second kappa shape index (κ2) is 12.1. The number of ether oxygens (including phenoxy) is 3. The Morgan fingerprint density at radius 2 is 1.41 bits per heavy atom. The van der Waals surface area contributed by atoms with E-state index >= 15 is 0 Å². The first-order valence-corrected chi connectivity index (χ1v) is 13.2. The van der Waals surface area contributed by atoms with Gasteiger partial charge in [0, 0.05) is 29.1 Å². The number of nitrogens with zero attached hydrogens (tertiary/aromatic N) is 1. The highest BCUT2D eigenvalue weighted by atomic mass is 32.1. The van der Waals surface area contributed by atoms with Gasteiger partial charge in [-0.15, -0.1) is 11.3 Å². The van der Waals surface area contributed by atoms with Crippen LogP contribution in [-0.4, -0.2) is 43.1 Å². The van der Waals surface area contributed by atoms with Crippen molar-refractivity contribution < 1.29 is 23.8 Å². The molecule has 1 fully saturated rings. The maximum atomic E-state index is 12.8. The quantitative estimate of drug-likeness (QED) is 0.417. The van der Waals surface area contributed by atoms with Gasteiger partial charge in [-0.25, -0.2) is 4.98 Å². The van der Waals surface area contributed by atoms with Crippen LogP contribution in [0.3, 0.4) is 0 Å². The van der Waals surface area contributed by atoms with E-state index in [0.717, 1.165) is 47.6 Å². The van der Waals surface area contributed by atoms with E-state index in [4.69, 9.17) is 14.2 Å². The highest BCUT2D eigenvalue weighted by Crippen LogP contribution is 2.24. The number of hydrogen-bond acceptors (Lipinski definition) is 7. The average molecular weight is 524 g/mol. The Labute approximate surface area is 221 Å². The minimum atomic E-state index is -0.176. The summed E-state index contributed by atoms with van der Waals surface area (Å²) in [5.74, 6) is 1.59. The van der Waals surface area contributed by atoms with Gasteiger partial charge in [0.1, 0.15) is 34.6 Å². The van der Waals surface area contributed by atoms with E-state index in [1.807, 2.05) is 26.0 Å². The van der Waals surface area contributed by atoms with Crippen molar-refractivity contribution >= 4 is 23.2 Å². The summed E-state index contributed by atoms with van der Waals surface area (Å²) in [5, 5.41) is 8.71. The molecular formula is C28H33N3O5S. The number of carbonyl (C=O) groups is 2. The zero-order chi connectivity index (χ0) is 26.4. The van der Waals surface area contributed by atoms with E-state index < -0.39 is 0 Å². The topological polar surface area (TPSA) is 98.8 Å². The number of rotatable bonds is 9. The summed E-state index contributed by atoms with van der Waals surface area (Å²) in [5.41, 5.74) is 3.19. The van der Waals surface area contributed by atoms with Gasteiger partial charge in [-0.05, 0) is 74.9 Å². The van der Waals surface area contributed by atoms with E-state index in [0.29, 0.717) is 29.4 Å². The molecule has 2 aromatic carbocycles. The normalized spacial score (nSPS) is 17.1. The van der Waals surface area contributed by atoms with Crippen LogP contribution in [0.4, 0.5) is 0 Å². The van der Waals surface area contributed by atoms with E-state index in [-0.39, 0.29) is 23.9 Å². The molecule has 1 saturated carbocycles. The standard InChI is InChI=1S/C28H33N3O5S/c1-17-9-18(2)11-24(10-17)36-15-26-31-25(16-37-26)28(33)30-21-7-5-20(6-8-21)29-27(32)19-12-22(34-3)14-23(13-19)35-4/h9-14,16,20-21H,5-8,15H2,1-4H3,(H,29,32)(H,30,33). The van der Waals surface area contributed by atoms with Gasteiger partial charge in [-0.1, -0.05) is 6.07 Å². The summed E-state index contributed by atoms with van der Waals surface area (Å²) < 4.78 is 16.4. The molecule has 2 N–H and O–H groups in total. The van der Waals surface area contributed by atoms with Crippen molar-refractivity contribution in [2.75, 3.05) is 14.2 Å². The van der Waals surface area contributed by atoms with Crippen molar-refractivity contribution in [3.05, 3.63) is 69.2 Å². The number of nitrogens with one attached hydrogen (secondary N) is 2. The molecular weight excluding hydrogens is 490 g/mol. The second-order valence-corrected chi connectivity index (χ2v) is 10.3. The monoisotopic (exact) mass is 523 g/mol. The lowest BCUT2D eigenvalue weighted by molar-refractivity contribution is 0.0889. The van der Waals surface area contributed by atoms with Crippen molar-refractivity contribution in [3.8, 4) is 17.2 Å². The minimum absolute atomic E-state index is 0.0473. The van der Waals surface area contributed by atoms with Gasteiger partial charge in [0.25, 0.3) is 11.8 Å². The minimum Gasteiger partial charge on any atom is -0.497 e. The number of aromatic nitrogens is 1. The van der Waals surface area contributed by atoms with Crippen LogP contribution >= 0.6 is 11.3 Å². The maximum absolute atomic E-state index is 12.8. The fourth-order valence-corrected chi connectivity index (χ4v) is 5.18. The van der Waals surface area contributed by atoms with Crippen LogP contribution in [0.5, 0.6) is 17.2 Å². The summed E-state index contributed by atoms with van der Waals surface area (Å²) >= 11 is 1.42. The summed E-state index contributed by atoms with van der Waals surface area (Å²) in [4.78, 5) is 30.0. The number of methoxy groups -OCH3 is 2. The fourth-order valence-electron chi connectivity index (χ4n) is 4.49. The van der Waals surface area contributed by atoms with E-state index in [1.165, 1.54) is 11.3 Å². The van der Waals surface area contributed by atoms with Gasteiger partial charge in [-0.3, -0.25) is 9.59 Å². The molecule has 0 spiro atoms. The van der Waals surface area contributed by atoms with Gasteiger partial charge in [0.15, 0.2) is 0 Å². The first kappa shape index (κ1) is 26.5. The highest BCUT2D eigenvalue weighted by molar-refractivity contribution is 7.09. The molecule has 0 unspecified atom stereocenters. The lowest BCUT2D eigenvalue weighted by atomic mass is 9.91. The Morgan fingerprint density at radius 1 is 0.838 bits per heavy atom. The predicted molar refractivity (Wildman–Crippen MR) is 143 cm³/mol. The molecule has 1 heterocycles. The summed E-state index contributed by atoms with van der Waals surface area (Å²) in [6.07, 6.45) is 3.13. The molecule has 37 heavy (non-hydrogen) atoms. The third-order valence-corrected chi connectivity index (χ3v) is 7.18. The molecule has 0 saturated heterocycles. The molecule has 1 aliphatic carbocycles. The number of benzene rings is 2. The molecule has 8 nitrogen and oxygen atoms in total. The second-order valence-electron chi connectivity index (χ2n) is 9.34. The van der Waals surface area contributed by atoms with Crippen LogP contribution in [0.25, 0.3) is 0 Å². The summed E-state index contributed by atoms with van der Waals surface area (Å²) in [6, 6.07) is 11.3. The molecule has 1 aliphatic rings. The molecule has 0 radical (unpaired) electrons. The third kappa shape index (κ3) is 7.22. The van der Waals surface area contributed by atoms with Crippen molar-refractivity contribution in [3.63, 3.8) is 0 Å². The third-order valence-electron chi connectivity index (χ3n) is 6.35. The van der Waals surface area contributed by atoms with Gasteiger partial charge in [-0.2, -0.15) is 0 Å². The average Bonchev–Trinajstić information content (AvgIpc) is 3.37. The van der Waals surface area contributed by atoms with Crippen LogP contribution in [0.1, 0.15) is 62.7 Å². The first-order chi connectivity index (χ1) is 17.8. The van der Waals surface area contributed by atoms with Crippen LogP contribution < -0.4 is 24.8 Å². The molecule has 0 aliphatic heterocycles.